The zero-order chi connectivity index (χ0) is 26.2. The van der Waals surface area contributed by atoms with Crippen LogP contribution in [0.5, 0.6) is 0 Å². The summed E-state index contributed by atoms with van der Waals surface area (Å²) in [5.41, 5.74) is 1.68. The molecule has 188 valence electrons. The smallest absolute Gasteiger partial charge is 0.267 e. The Kier molecular flexibility index (Phi) is 6.72. The molecule has 0 saturated carbocycles. The van der Waals surface area contributed by atoms with Crippen LogP contribution in [0, 0.1) is 24.4 Å². The number of rotatable bonds is 7. The van der Waals surface area contributed by atoms with Crippen molar-refractivity contribution in [3.05, 3.63) is 98.9 Å². The highest BCUT2D eigenvalue weighted by atomic mass is 32.2. The van der Waals surface area contributed by atoms with Gasteiger partial charge < -0.3 is 4.57 Å². The fourth-order valence-corrected chi connectivity index (χ4v) is 4.50. The lowest BCUT2D eigenvalue weighted by Crippen LogP contribution is -2.32. The number of hydrogen-bond acceptors (Lipinski definition) is 5. The van der Waals surface area contributed by atoms with Crippen molar-refractivity contribution in [3.63, 3.8) is 0 Å². The Hall–Kier alpha value is -3.93. The minimum atomic E-state index is -3.76. The van der Waals surface area contributed by atoms with Crippen LogP contribution in [0.1, 0.15) is 22.5 Å². The van der Waals surface area contributed by atoms with E-state index in [9.17, 15) is 31.2 Å². The molecule has 4 aromatic rings. The minimum absolute atomic E-state index is 0.0786. The third-order valence-electron chi connectivity index (χ3n) is 5.63. The quantitative estimate of drug-likeness (QED) is 0.405. The molecular formula is C24H21F3N4O4S. The summed E-state index contributed by atoms with van der Waals surface area (Å²) >= 11 is 0. The molecule has 1 amide bonds. The molecule has 0 atom stereocenters. The Bertz CT molecular complexity index is 1660. The first kappa shape index (κ1) is 25.2. The summed E-state index contributed by atoms with van der Waals surface area (Å²) in [5.74, 6) is -2.82. The third-order valence-corrected chi connectivity index (χ3v) is 6.23. The van der Waals surface area contributed by atoms with Gasteiger partial charge in [0.05, 0.1) is 18.5 Å². The first-order valence-electron chi connectivity index (χ1n) is 10.7. The molecule has 8 nitrogen and oxygen atoms in total. The van der Waals surface area contributed by atoms with Gasteiger partial charge in [-0.15, -0.1) is 0 Å². The molecule has 2 heterocycles. The number of hydrogen-bond donors (Lipinski definition) is 1. The van der Waals surface area contributed by atoms with E-state index in [-0.39, 0.29) is 25.1 Å². The number of sulfonamides is 1. The van der Waals surface area contributed by atoms with E-state index in [1.807, 2.05) is 4.72 Å². The molecule has 0 radical (unpaired) electrons. The highest BCUT2D eigenvalue weighted by molar-refractivity contribution is 7.89. The first-order chi connectivity index (χ1) is 16.9. The lowest BCUT2D eigenvalue weighted by Gasteiger charge is -2.10. The predicted octanol–water partition coefficient (Wildman–Crippen LogP) is 2.64. The van der Waals surface area contributed by atoms with Gasteiger partial charge in [0.15, 0.2) is 0 Å². The van der Waals surface area contributed by atoms with Crippen molar-refractivity contribution in [2.24, 2.45) is 0 Å². The van der Waals surface area contributed by atoms with Gasteiger partial charge in [-0.05, 0) is 42.8 Å². The van der Waals surface area contributed by atoms with Crippen LogP contribution in [0.2, 0.25) is 0 Å². The molecule has 0 aliphatic rings. The molecule has 0 fully saturated rings. The second-order valence-electron chi connectivity index (χ2n) is 8.34. The monoisotopic (exact) mass is 518 g/mol. The standard InChI is InChI=1S/C24H21F3N4O4S/c1-14-19(20-9-16(25)5-7-22(20)30(14)13-23(32)29-36(2,34)35)11-18-6-8-24(33)31(28-18)12-15-3-4-17(26)10-21(15)27/h3-10H,11-13H2,1-2H3,(H,29,32). The summed E-state index contributed by atoms with van der Waals surface area (Å²) in [6.07, 6.45) is 1.00. The van der Waals surface area contributed by atoms with E-state index in [0.29, 0.717) is 27.9 Å². The average molecular weight is 519 g/mol. The van der Waals surface area contributed by atoms with Crippen molar-refractivity contribution in [1.29, 1.82) is 0 Å². The van der Waals surface area contributed by atoms with Crippen LogP contribution in [0.4, 0.5) is 13.2 Å². The van der Waals surface area contributed by atoms with Crippen LogP contribution in [0.15, 0.2) is 53.3 Å². The van der Waals surface area contributed by atoms with Crippen molar-refractivity contribution in [2.45, 2.75) is 26.4 Å². The summed E-state index contributed by atoms with van der Waals surface area (Å²) in [6, 6.07) is 9.79. The number of carbonyl (C=O) groups excluding carboxylic acids is 1. The molecule has 2 aromatic carbocycles. The zero-order valence-electron chi connectivity index (χ0n) is 19.3. The summed E-state index contributed by atoms with van der Waals surface area (Å²) in [6.45, 7) is 1.16. The van der Waals surface area contributed by atoms with Gasteiger partial charge in [0.2, 0.25) is 10.0 Å². The highest BCUT2D eigenvalue weighted by Gasteiger charge is 2.19. The molecule has 12 heteroatoms. The van der Waals surface area contributed by atoms with Crippen molar-refractivity contribution < 1.29 is 26.4 Å². The van der Waals surface area contributed by atoms with Crippen molar-refractivity contribution >= 4 is 26.8 Å². The summed E-state index contributed by atoms with van der Waals surface area (Å²) < 4.78 is 68.8. The lowest BCUT2D eigenvalue weighted by molar-refractivity contribution is -0.119. The van der Waals surface area contributed by atoms with E-state index in [4.69, 9.17) is 0 Å². The van der Waals surface area contributed by atoms with Crippen LogP contribution in [0.3, 0.4) is 0 Å². The average Bonchev–Trinajstić information content (AvgIpc) is 3.01. The van der Waals surface area contributed by atoms with E-state index < -0.39 is 38.9 Å². The summed E-state index contributed by atoms with van der Waals surface area (Å²) in [5, 5.41) is 4.79. The Morgan fingerprint density at radius 1 is 1.03 bits per heavy atom. The van der Waals surface area contributed by atoms with Crippen LogP contribution in [0.25, 0.3) is 10.9 Å². The van der Waals surface area contributed by atoms with Gasteiger partial charge in [-0.25, -0.2) is 26.3 Å². The highest BCUT2D eigenvalue weighted by Crippen LogP contribution is 2.28. The maximum absolute atomic E-state index is 14.1. The van der Waals surface area contributed by atoms with Crippen molar-refractivity contribution in [3.8, 4) is 0 Å². The molecule has 0 spiro atoms. The normalized spacial score (nSPS) is 11.7. The molecule has 0 aliphatic heterocycles. The Morgan fingerprint density at radius 3 is 2.42 bits per heavy atom. The van der Waals surface area contributed by atoms with E-state index in [0.717, 1.165) is 23.1 Å². The lowest BCUT2D eigenvalue weighted by atomic mass is 10.1. The van der Waals surface area contributed by atoms with Gasteiger partial charge in [-0.3, -0.25) is 14.3 Å². The predicted molar refractivity (Wildman–Crippen MR) is 126 cm³/mol. The third kappa shape index (κ3) is 5.48. The van der Waals surface area contributed by atoms with Crippen molar-refractivity contribution in [2.75, 3.05) is 6.26 Å². The van der Waals surface area contributed by atoms with Gasteiger partial charge in [0.25, 0.3) is 11.5 Å². The van der Waals surface area contributed by atoms with Crippen LogP contribution < -0.4 is 10.3 Å². The molecule has 36 heavy (non-hydrogen) atoms. The molecule has 0 bridgehead atoms. The number of amides is 1. The molecule has 2 aromatic heterocycles. The minimum Gasteiger partial charge on any atom is -0.335 e. The van der Waals surface area contributed by atoms with E-state index in [1.165, 1.54) is 36.4 Å². The largest absolute Gasteiger partial charge is 0.335 e. The van der Waals surface area contributed by atoms with Gasteiger partial charge in [0, 0.05) is 40.7 Å². The Labute approximate surface area is 204 Å². The van der Waals surface area contributed by atoms with E-state index in [1.54, 1.807) is 11.5 Å². The molecule has 4 rings (SSSR count). The van der Waals surface area contributed by atoms with Crippen molar-refractivity contribution in [1.82, 2.24) is 19.1 Å². The van der Waals surface area contributed by atoms with Gasteiger partial charge in [-0.1, -0.05) is 6.07 Å². The fraction of sp³-hybridized carbons (Fsp3) is 0.208. The molecule has 0 aliphatic carbocycles. The number of halogens is 3. The molecular weight excluding hydrogens is 497 g/mol. The van der Waals surface area contributed by atoms with Gasteiger partial charge in [0.1, 0.15) is 24.0 Å². The number of aromatic nitrogens is 3. The zero-order valence-corrected chi connectivity index (χ0v) is 20.1. The van der Waals surface area contributed by atoms with E-state index in [2.05, 4.69) is 5.10 Å². The molecule has 0 unspecified atom stereocenters. The Morgan fingerprint density at radius 2 is 1.72 bits per heavy atom. The number of fused-ring (bicyclic) bond motifs is 1. The number of benzene rings is 2. The van der Waals surface area contributed by atoms with Gasteiger partial charge >= 0.3 is 0 Å². The van der Waals surface area contributed by atoms with Crippen LogP contribution in [-0.4, -0.2) is 34.9 Å². The number of nitrogens with one attached hydrogen (secondary N) is 1. The van der Waals surface area contributed by atoms with Gasteiger partial charge in [-0.2, -0.15) is 5.10 Å². The van der Waals surface area contributed by atoms with Crippen LogP contribution >= 0.6 is 0 Å². The molecule has 0 saturated heterocycles. The summed E-state index contributed by atoms with van der Waals surface area (Å²) in [7, 11) is -3.76. The maximum Gasteiger partial charge on any atom is 0.267 e. The van der Waals surface area contributed by atoms with E-state index >= 15 is 0 Å². The fourth-order valence-electron chi connectivity index (χ4n) is 4.02. The summed E-state index contributed by atoms with van der Waals surface area (Å²) in [4.78, 5) is 24.6. The molecule has 1 N–H and O–H groups in total. The Balaban J connectivity index is 1.71. The topological polar surface area (TPSA) is 103 Å². The maximum atomic E-state index is 14.1. The first-order valence-corrected chi connectivity index (χ1v) is 12.6. The van der Waals surface area contributed by atoms with Crippen LogP contribution in [-0.2, 0) is 34.3 Å². The number of nitrogens with zero attached hydrogens (tertiary/aromatic N) is 3. The second kappa shape index (κ2) is 9.61. The second-order valence-corrected chi connectivity index (χ2v) is 10.1. The SMILES string of the molecule is Cc1c(Cc2ccc(=O)n(Cc3ccc(F)cc3F)n2)c2cc(F)ccc2n1CC(=O)NS(C)(=O)=O. The number of carbonyl (C=O) groups is 1.